The average molecular weight is 489 g/mol. The fraction of sp³-hybridized carbons (Fsp3) is 0.588. The number of rotatable bonds is 9. The number of nitrogens with one attached hydrogen (secondary N) is 2. The predicted octanol–water partition coefficient (Wildman–Crippen LogP) is 3.65. The van der Waals surface area contributed by atoms with Gasteiger partial charge in [-0.3, -0.25) is 0 Å². The summed E-state index contributed by atoms with van der Waals surface area (Å²) in [5, 5.41) is 6.19. The van der Waals surface area contributed by atoms with E-state index in [0.717, 1.165) is 5.56 Å². The molecule has 0 heterocycles. The number of alkyl halides is 3. The average Bonchev–Trinajstić information content (AvgIpc) is 2.55. The summed E-state index contributed by atoms with van der Waals surface area (Å²) in [6.07, 6.45) is -4.37. The third-order valence-electron chi connectivity index (χ3n) is 3.11. The molecule has 0 aliphatic carbocycles. The van der Waals surface area contributed by atoms with Crippen molar-refractivity contribution in [3.8, 4) is 5.75 Å². The second kappa shape index (κ2) is 13.0. The minimum atomic E-state index is -4.37. The van der Waals surface area contributed by atoms with Crippen molar-refractivity contribution in [3.63, 3.8) is 0 Å². The number of hydrogen-bond acceptors (Lipinski definition) is 3. The van der Waals surface area contributed by atoms with Crippen LogP contribution in [0.2, 0.25) is 0 Å². The smallest absolute Gasteiger partial charge is 0.422 e. The van der Waals surface area contributed by atoms with Crippen molar-refractivity contribution in [3.05, 3.63) is 29.3 Å². The number of hydrogen-bond donors (Lipinski definition) is 2. The maximum absolute atomic E-state index is 12.4. The van der Waals surface area contributed by atoms with Gasteiger partial charge in [0.1, 0.15) is 5.75 Å². The van der Waals surface area contributed by atoms with Crippen molar-refractivity contribution >= 4 is 29.9 Å². The van der Waals surface area contributed by atoms with Crippen LogP contribution in [0.15, 0.2) is 23.2 Å². The van der Waals surface area contributed by atoms with E-state index in [-0.39, 0.29) is 36.3 Å². The first kappa shape index (κ1) is 24.8. The zero-order chi connectivity index (χ0) is 18.7. The zero-order valence-electron chi connectivity index (χ0n) is 15.3. The second-order valence-electron chi connectivity index (χ2n) is 5.33. The lowest BCUT2D eigenvalue weighted by molar-refractivity contribution is -0.153. The molecule has 0 bridgehead atoms. The molecule has 0 aromatic heterocycles. The molecule has 0 spiro atoms. The van der Waals surface area contributed by atoms with Crippen LogP contribution in [0.1, 0.15) is 25.0 Å². The summed E-state index contributed by atoms with van der Waals surface area (Å²) < 4.78 is 47.4. The lowest BCUT2D eigenvalue weighted by atomic mass is 10.1. The van der Waals surface area contributed by atoms with Gasteiger partial charge in [0, 0.05) is 25.3 Å². The van der Waals surface area contributed by atoms with Gasteiger partial charge in [0.2, 0.25) is 0 Å². The number of aryl methyl sites for hydroxylation is 1. The Morgan fingerprint density at radius 1 is 1.19 bits per heavy atom. The van der Waals surface area contributed by atoms with Crippen molar-refractivity contribution in [2.45, 2.75) is 33.5 Å². The van der Waals surface area contributed by atoms with Gasteiger partial charge < -0.3 is 20.1 Å². The first-order valence-electron chi connectivity index (χ1n) is 8.24. The van der Waals surface area contributed by atoms with E-state index in [0.29, 0.717) is 37.8 Å². The van der Waals surface area contributed by atoms with Crippen molar-refractivity contribution in [1.29, 1.82) is 0 Å². The molecule has 5 nitrogen and oxygen atoms in total. The molecule has 0 aliphatic heterocycles. The molecule has 0 unspecified atom stereocenters. The molecule has 9 heteroatoms. The molecular weight excluding hydrogens is 462 g/mol. The van der Waals surface area contributed by atoms with E-state index in [1.165, 1.54) is 0 Å². The lowest BCUT2D eigenvalue weighted by Gasteiger charge is -2.14. The van der Waals surface area contributed by atoms with Crippen molar-refractivity contribution in [1.82, 2.24) is 10.6 Å². The second-order valence-corrected chi connectivity index (χ2v) is 5.33. The van der Waals surface area contributed by atoms with Gasteiger partial charge in [-0.2, -0.15) is 13.2 Å². The van der Waals surface area contributed by atoms with Crippen LogP contribution >= 0.6 is 24.0 Å². The minimum Gasteiger partial charge on any atom is -0.484 e. The first-order chi connectivity index (χ1) is 11.9. The van der Waals surface area contributed by atoms with Gasteiger partial charge in [-0.1, -0.05) is 12.1 Å². The molecule has 0 saturated carbocycles. The zero-order valence-corrected chi connectivity index (χ0v) is 17.6. The normalized spacial score (nSPS) is 11.7. The number of aliphatic imine (C=N–C) groups is 1. The van der Waals surface area contributed by atoms with E-state index >= 15 is 0 Å². The van der Waals surface area contributed by atoms with Crippen molar-refractivity contribution in [2.75, 3.05) is 32.9 Å². The third-order valence-corrected chi connectivity index (χ3v) is 3.11. The Bertz CT molecular complexity index is 555. The van der Waals surface area contributed by atoms with Crippen LogP contribution in [-0.4, -0.2) is 45.0 Å². The highest BCUT2D eigenvalue weighted by atomic mass is 127. The maximum atomic E-state index is 12.4. The quantitative estimate of drug-likeness (QED) is 0.241. The summed E-state index contributed by atoms with van der Waals surface area (Å²) >= 11 is 0. The first-order valence-corrected chi connectivity index (χ1v) is 8.24. The van der Waals surface area contributed by atoms with Gasteiger partial charge >= 0.3 is 6.18 Å². The molecule has 1 aromatic rings. The summed E-state index contributed by atoms with van der Waals surface area (Å²) in [4.78, 5) is 4.39. The molecule has 0 radical (unpaired) electrons. The van der Waals surface area contributed by atoms with E-state index in [4.69, 9.17) is 9.47 Å². The van der Waals surface area contributed by atoms with E-state index in [2.05, 4.69) is 15.6 Å². The van der Waals surface area contributed by atoms with Gasteiger partial charge in [0.05, 0.1) is 13.2 Å². The minimum absolute atomic E-state index is 0. The molecule has 150 valence electrons. The Kier molecular flexibility index (Phi) is 12.4. The molecule has 1 rings (SSSR count). The Morgan fingerprint density at radius 3 is 2.54 bits per heavy atom. The molecule has 0 amide bonds. The highest BCUT2D eigenvalue weighted by molar-refractivity contribution is 14.0. The summed E-state index contributed by atoms with van der Waals surface area (Å²) in [6, 6.07) is 5.14. The monoisotopic (exact) mass is 489 g/mol. The summed E-state index contributed by atoms with van der Waals surface area (Å²) in [5.41, 5.74) is 1.42. The number of ether oxygens (including phenoxy) is 2. The van der Waals surface area contributed by atoms with Gasteiger partial charge in [0.15, 0.2) is 12.6 Å². The number of benzene rings is 1. The molecule has 0 saturated heterocycles. The van der Waals surface area contributed by atoms with Crippen LogP contribution in [0.4, 0.5) is 13.2 Å². The van der Waals surface area contributed by atoms with E-state index in [1.807, 2.05) is 19.9 Å². The molecule has 1 aromatic carbocycles. The van der Waals surface area contributed by atoms with Gasteiger partial charge in [-0.15, -0.1) is 24.0 Å². The Hall–Kier alpha value is -1.23. The highest BCUT2D eigenvalue weighted by Gasteiger charge is 2.28. The molecule has 0 atom stereocenters. The van der Waals surface area contributed by atoms with E-state index in [9.17, 15) is 13.2 Å². The SMILES string of the molecule is CCNC(=NCc1ccc(C)cc1OCC(F)(F)F)NCCOCC.I. The van der Waals surface area contributed by atoms with Crippen LogP contribution in [0.5, 0.6) is 5.75 Å². The summed E-state index contributed by atoms with van der Waals surface area (Å²) in [7, 11) is 0. The maximum Gasteiger partial charge on any atom is 0.422 e. The van der Waals surface area contributed by atoms with Crippen LogP contribution < -0.4 is 15.4 Å². The van der Waals surface area contributed by atoms with Crippen LogP contribution in [0.25, 0.3) is 0 Å². The van der Waals surface area contributed by atoms with Crippen LogP contribution in [0, 0.1) is 6.92 Å². The fourth-order valence-corrected chi connectivity index (χ4v) is 1.98. The van der Waals surface area contributed by atoms with E-state index in [1.54, 1.807) is 19.1 Å². The largest absolute Gasteiger partial charge is 0.484 e. The molecule has 26 heavy (non-hydrogen) atoms. The molecule has 2 N–H and O–H groups in total. The van der Waals surface area contributed by atoms with Gasteiger partial charge in [-0.05, 0) is 32.4 Å². The molecule has 0 fully saturated rings. The Morgan fingerprint density at radius 2 is 1.92 bits per heavy atom. The van der Waals surface area contributed by atoms with Crippen LogP contribution in [0.3, 0.4) is 0 Å². The van der Waals surface area contributed by atoms with Gasteiger partial charge in [0.25, 0.3) is 0 Å². The van der Waals surface area contributed by atoms with Crippen LogP contribution in [-0.2, 0) is 11.3 Å². The van der Waals surface area contributed by atoms with Crippen molar-refractivity contribution < 1.29 is 22.6 Å². The number of halogens is 4. The van der Waals surface area contributed by atoms with Gasteiger partial charge in [-0.25, -0.2) is 4.99 Å². The van der Waals surface area contributed by atoms with Crippen molar-refractivity contribution in [2.24, 2.45) is 4.99 Å². The Labute approximate surface area is 169 Å². The Balaban J connectivity index is 0.00000625. The van der Waals surface area contributed by atoms with E-state index < -0.39 is 12.8 Å². The molecule has 0 aliphatic rings. The lowest BCUT2D eigenvalue weighted by Crippen LogP contribution is -2.39. The summed E-state index contributed by atoms with van der Waals surface area (Å²) in [6.45, 7) is 6.98. The molecular formula is C17H27F3IN3O2. The topological polar surface area (TPSA) is 54.9 Å². The summed E-state index contributed by atoms with van der Waals surface area (Å²) in [5.74, 6) is 0.774. The predicted molar refractivity (Wildman–Crippen MR) is 107 cm³/mol. The number of guanidine groups is 1. The standard InChI is InChI=1S/C17H26F3N3O2.HI/c1-4-21-16(22-8-9-24-5-2)23-11-14-7-6-13(3)10-15(14)25-12-17(18,19)20;/h6-7,10H,4-5,8-9,11-12H2,1-3H3,(H2,21,22,23);1H. The third kappa shape index (κ3) is 10.7. The highest BCUT2D eigenvalue weighted by Crippen LogP contribution is 2.24. The fourth-order valence-electron chi connectivity index (χ4n) is 1.98. The number of nitrogens with zero attached hydrogens (tertiary/aromatic N) is 1.